The molecule has 0 amide bonds. The maximum atomic E-state index is 3.17. The van der Waals surface area contributed by atoms with Crippen LogP contribution in [-0.4, -0.2) is 48.3 Å². The van der Waals surface area contributed by atoms with Crippen molar-refractivity contribution in [2.75, 3.05) is 27.2 Å². The first-order valence-electron chi connectivity index (χ1n) is 3.41. The molecule has 2 nitrogen and oxygen atoms in total. The van der Waals surface area contributed by atoms with E-state index in [1.54, 1.807) is 0 Å². The van der Waals surface area contributed by atoms with Crippen LogP contribution in [0.4, 0.5) is 0 Å². The molecule has 0 aromatic heterocycles. The van der Waals surface area contributed by atoms with E-state index in [1.807, 2.05) is 14.1 Å². The molecule has 9 heavy (non-hydrogen) atoms. The Balaban J connectivity index is 2.60. The van der Waals surface area contributed by atoms with Crippen LogP contribution in [-0.2, 0) is 0 Å². The zero-order valence-corrected chi connectivity index (χ0v) is 9.18. The van der Waals surface area contributed by atoms with Crippen LogP contribution in [0.3, 0.4) is 0 Å². The van der Waals surface area contributed by atoms with Gasteiger partial charge in [0.25, 0.3) is 0 Å². The molecule has 0 aromatic rings. The van der Waals surface area contributed by atoms with Gasteiger partial charge in [0.15, 0.2) is 0 Å². The van der Waals surface area contributed by atoms with Gasteiger partial charge in [-0.2, -0.15) is 0 Å². The summed E-state index contributed by atoms with van der Waals surface area (Å²) in [5.41, 5.74) is 0. The Morgan fingerprint density at radius 2 is 1.44 bits per heavy atom. The molecular formula is C6H16N2Sn+2. The van der Waals surface area contributed by atoms with Crippen molar-refractivity contribution >= 4 is 21.1 Å². The average Bonchev–Trinajstić information content (AvgIpc) is 1.89. The van der Waals surface area contributed by atoms with Crippen molar-refractivity contribution < 1.29 is 0 Å². The first-order valence-corrected chi connectivity index (χ1v) is 7.45. The Bertz CT molecular complexity index is 44.3. The molecule has 0 rings (SSSR count). The van der Waals surface area contributed by atoms with Crippen molar-refractivity contribution in [1.82, 2.24) is 10.6 Å². The van der Waals surface area contributed by atoms with E-state index < -0.39 is 0 Å². The summed E-state index contributed by atoms with van der Waals surface area (Å²) >= 11 is 0.0245. The first-order chi connectivity index (χ1) is 4.41. The van der Waals surface area contributed by atoms with Crippen LogP contribution in [0.2, 0.25) is 8.87 Å². The monoisotopic (exact) mass is 236 g/mol. The summed E-state index contributed by atoms with van der Waals surface area (Å²) in [5.74, 6) is 0. The van der Waals surface area contributed by atoms with Gasteiger partial charge in [-0.05, 0) is 0 Å². The van der Waals surface area contributed by atoms with E-state index >= 15 is 0 Å². The van der Waals surface area contributed by atoms with Gasteiger partial charge in [0, 0.05) is 0 Å². The number of rotatable bonds is 6. The predicted molar refractivity (Wildman–Crippen MR) is 43.2 cm³/mol. The zero-order chi connectivity index (χ0) is 6.95. The molecule has 52 valence electrons. The molecule has 0 atom stereocenters. The summed E-state index contributed by atoms with van der Waals surface area (Å²) in [6.45, 7) is 2.46. The SMILES string of the molecule is CNC[CH2][Sn+2][CH2]CNC. The Morgan fingerprint density at radius 3 is 1.78 bits per heavy atom. The molecule has 0 radical (unpaired) electrons. The van der Waals surface area contributed by atoms with Crippen molar-refractivity contribution in [3.63, 3.8) is 0 Å². The van der Waals surface area contributed by atoms with Gasteiger partial charge in [-0.15, -0.1) is 0 Å². The minimum atomic E-state index is 0.0245. The van der Waals surface area contributed by atoms with Gasteiger partial charge in [0.1, 0.15) is 0 Å². The second-order valence-corrected chi connectivity index (χ2v) is 6.24. The predicted octanol–water partition coefficient (Wildman–Crippen LogP) is -0.0340. The van der Waals surface area contributed by atoms with Crippen molar-refractivity contribution in [3.05, 3.63) is 0 Å². The molecule has 2 N–H and O–H groups in total. The van der Waals surface area contributed by atoms with Crippen molar-refractivity contribution in [2.45, 2.75) is 8.87 Å². The van der Waals surface area contributed by atoms with Crippen molar-refractivity contribution in [1.29, 1.82) is 0 Å². The number of hydrogen-bond acceptors (Lipinski definition) is 2. The zero-order valence-electron chi connectivity index (χ0n) is 6.33. The summed E-state index contributed by atoms with van der Waals surface area (Å²) in [6, 6.07) is 0. The van der Waals surface area contributed by atoms with Gasteiger partial charge >= 0.3 is 67.8 Å². The van der Waals surface area contributed by atoms with E-state index in [9.17, 15) is 0 Å². The standard InChI is InChI=1S/2C3H8N.Sn/c2*1-3-4-2;/h2*4H,1,3H2,2H3;/q;;+2. The quantitative estimate of drug-likeness (QED) is 0.498. The van der Waals surface area contributed by atoms with Crippen LogP contribution in [0.25, 0.3) is 0 Å². The van der Waals surface area contributed by atoms with E-state index in [2.05, 4.69) is 10.6 Å². The van der Waals surface area contributed by atoms with Gasteiger partial charge in [0.2, 0.25) is 0 Å². The van der Waals surface area contributed by atoms with E-state index in [0.717, 1.165) is 0 Å². The van der Waals surface area contributed by atoms with Gasteiger partial charge in [0.05, 0.1) is 0 Å². The Kier molecular flexibility index (Phi) is 9.41. The van der Waals surface area contributed by atoms with Gasteiger partial charge in [-0.1, -0.05) is 0 Å². The molecular weight excluding hydrogens is 219 g/mol. The normalized spacial score (nSPS) is 9.11. The maximum absolute atomic E-state index is 3.17. The Morgan fingerprint density at radius 1 is 1.00 bits per heavy atom. The minimum absolute atomic E-state index is 0.0245. The third-order valence-electron chi connectivity index (χ3n) is 1.10. The van der Waals surface area contributed by atoms with Gasteiger partial charge in [-0.3, -0.25) is 0 Å². The summed E-state index contributed by atoms with van der Waals surface area (Å²) in [7, 11) is 4.05. The summed E-state index contributed by atoms with van der Waals surface area (Å²) in [4.78, 5) is 0. The molecule has 0 saturated heterocycles. The van der Waals surface area contributed by atoms with E-state index in [4.69, 9.17) is 0 Å². The van der Waals surface area contributed by atoms with Crippen molar-refractivity contribution in [3.8, 4) is 0 Å². The molecule has 0 unspecified atom stereocenters. The number of nitrogens with one attached hydrogen (secondary N) is 2. The average molecular weight is 235 g/mol. The van der Waals surface area contributed by atoms with Crippen LogP contribution >= 0.6 is 0 Å². The molecule has 0 heterocycles. The van der Waals surface area contributed by atoms with E-state index in [0.29, 0.717) is 0 Å². The third kappa shape index (κ3) is 8.72. The number of hydrogen-bond donors (Lipinski definition) is 2. The molecule has 0 aliphatic rings. The molecule has 0 aliphatic heterocycles. The summed E-state index contributed by atoms with van der Waals surface area (Å²) in [6.07, 6.45) is 0. The van der Waals surface area contributed by atoms with Crippen molar-refractivity contribution in [2.24, 2.45) is 0 Å². The molecule has 3 heteroatoms. The molecule has 0 aromatic carbocycles. The van der Waals surface area contributed by atoms with Crippen LogP contribution in [0.1, 0.15) is 0 Å². The van der Waals surface area contributed by atoms with Crippen LogP contribution < -0.4 is 10.6 Å². The third-order valence-corrected chi connectivity index (χ3v) is 4.55. The molecule has 0 spiro atoms. The topological polar surface area (TPSA) is 24.1 Å². The molecule has 0 bridgehead atoms. The van der Waals surface area contributed by atoms with Crippen LogP contribution in [0.15, 0.2) is 0 Å². The van der Waals surface area contributed by atoms with Crippen LogP contribution in [0.5, 0.6) is 0 Å². The van der Waals surface area contributed by atoms with E-state index in [1.165, 1.54) is 22.0 Å². The fourth-order valence-electron chi connectivity index (χ4n) is 0.552. The molecule has 0 saturated carbocycles. The molecule has 0 fully saturated rings. The summed E-state index contributed by atoms with van der Waals surface area (Å²) < 4.78 is 2.95. The van der Waals surface area contributed by atoms with E-state index in [-0.39, 0.29) is 21.1 Å². The first kappa shape index (κ1) is 9.72. The van der Waals surface area contributed by atoms with Gasteiger partial charge in [-0.25, -0.2) is 0 Å². The fourth-order valence-corrected chi connectivity index (χ4v) is 3.70. The molecule has 0 aliphatic carbocycles. The Hall–Kier alpha value is 0.719. The second kappa shape index (κ2) is 8.72. The van der Waals surface area contributed by atoms with Crippen LogP contribution in [0, 0.1) is 0 Å². The Labute approximate surface area is 68.0 Å². The second-order valence-electron chi connectivity index (χ2n) is 1.96. The van der Waals surface area contributed by atoms with Gasteiger partial charge < -0.3 is 0 Å². The fraction of sp³-hybridized carbons (Fsp3) is 1.00. The summed E-state index contributed by atoms with van der Waals surface area (Å²) in [5, 5.41) is 6.33.